The Morgan fingerprint density at radius 1 is 1.18 bits per heavy atom. The van der Waals surface area contributed by atoms with Gasteiger partial charge in [0.1, 0.15) is 5.54 Å². The van der Waals surface area contributed by atoms with Crippen molar-refractivity contribution in [3.05, 3.63) is 0 Å². The van der Waals surface area contributed by atoms with Gasteiger partial charge in [0.15, 0.2) is 0 Å². The van der Waals surface area contributed by atoms with E-state index >= 15 is 0 Å². The number of carbonyl (C=O) groups excluding carboxylic acids is 3. The van der Waals surface area contributed by atoms with Crippen LogP contribution in [-0.2, 0) is 19.1 Å². The van der Waals surface area contributed by atoms with Crippen LogP contribution in [0.5, 0.6) is 0 Å². The molecule has 0 aromatic rings. The smallest absolute Gasteiger partial charge is 0.243 e. The van der Waals surface area contributed by atoms with Crippen molar-refractivity contribution in [2.75, 3.05) is 32.9 Å². The van der Waals surface area contributed by atoms with Crippen LogP contribution >= 0.6 is 0 Å². The predicted molar refractivity (Wildman–Crippen MR) is 102 cm³/mol. The van der Waals surface area contributed by atoms with E-state index in [1.165, 1.54) is 6.42 Å². The molecule has 0 spiro atoms. The van der Waals surface area contributed by atoms with Crippen molar-refractivity contribution in [3.63, 3.8) is 0 Å². The topological polar surface area (TPSA) is 122 Å². The standard InChI is InChI=1S/C20H33N3O5/c21-19(27)20(12-16(20)13-24)22-18(26)15(10-14-4-2-1-3-5-14)11-17(25)23-6-8-28-9-7-23/h14-16,24H,1-13H2,(H2,21,27)(H,22,26). The molecule has 1 aliphatic heterocycles. The molecule has 0 bridgehead atoms. The first-order valence-corrected chi connectivity index (χ1v) is 10.5. The lowest BCUT2D eigenvalue weighted by Crippen LogP contribution is -2.51. The minimum atomic E-state index is -1.15. The molecule has 0 aromatic carbocycles. The van der Waals surface area contributed by atoms with Crippen LogP contribution in [0.1, 0.15) is 51.4 Å². The summed E-state index contributed by atoms with van der Waals surface area (Å²) < 4.78 is 5.30. The van der Waals surface area contributed by atoms with Crippen LogP contribution in [0.2, 0.25) is 0 Å². The Hall–Kier alpha value is -1.67. The van der Waals surface area contributed by atoms with E-state index in [1.807, 2.05) is 0 Å². The van der Waals surface area contributed by atoms with E-state index in [0.29, 0.717) is 45.1 Å². The summed E-state index contributed by atoms with van der Waals surface area (Å²) in [5.41, 5.74) is 4.34. The predicted octanol–water partition coefficient (Wildman–Crippen LogP) is 0.174. The Labute approximate surface area is 166 Å². The number of carbonyl (C=O) groups is 3. The van der Waals surface area contributed by atoms with Gasteiger partial charge in [0.25, 0.3) is 0 Å². The Morgan fingerprint density at radius 2 is 1.86 bits per heavy atom. The van der Waals surface area contributed by atoms with Crippen LogP contribution in [-0.4, -0.2) is 66.2 Å². The molecule has 3 amide bonds. The molecule has 3 aliphatic rings. The van der Waals surface area contributed by atoms with Crippen LogP contribution in [0.15, 0.2) is 0 Å². The van der Waals surface area contributed by atoms with Gasteiger partial charge in [-0.1, -0.05) is 32.1 Å². The Balaban J connectivity index is 1.66. The second-order valence-electron chi connectivity index (χ2n) is 8.54. The van der Waals surface area contributed by atoms with Crippen molar-refractivity contribution in [1.82, 2.24) is 10.2 Å². The van der Waals surface area contributed by atoms with Gasteiger partial charge >= 0.3 is 0 Å². The molecular formula is C20H33N3O5. The van der Waals surface area contributed by atoms with E-state index in [9.17, 15) is 19.5 Å². The first-order chi connectivity index (χ1) is 13.5. The van der Waals surface area contributed by atoms with Crippen molar-refractivity contribution in [3.8, 4) is 0 Å². The number of aliphatic hydroxyl groups is 1. The number of nitrogens with two attached hydrogens (primary N) is 1. The van der Waals surface area contributed by atoms with E-state index in [1.54, 1.807) is 4.90 Å². The molecular weight excluding hydrogens is 362 g/mol. The van der Waals surface area contributed by atoms with Gasteiger partial charge in [0.05, 0.1) is 13.2 Å². The van der Waals surface area contributed by atoms with Gasteiger partial charge in [0, 0.05) is 38.0 Å². The highest BCUT2D eigenvalue weighted by molar-refractivity contribution is 5.95. The maximum Gasteiger partial charge on any atom is 0.243 e. The molecule has 8 nitrogen and oxygen atoms in total. The summed E-state index contributed by atoms with van der Waals surface area (Å²) in [4.78, 5) is 39.4. The average molecular weight is 396 g/mol. The fourth-order valence-electron chi connectivity index (χ4n) is 4.65. The van der Waals surface area contributed by atoms with Gasteiger partial charge in [-0.15, -0.1) is 0 Å². The van der Waals surface area contributed by atoms with Gasteiger partial charge in [-0.2, -0.15) is 0 Å². The number of aliphatic hydroxyl groups excluding tert-OH is 1. The van der Waals surface area contributed by atoms with Gasteiger partial charge in [-0.25, -0.2) is 0 Å². The molecule has 4 N–H and O–H groups in total. The Kier molecular flexibility index (Phi) is 6.93. The van der Waals surface area contributed by atoms with Crippen LogP contribution in [0.3, 0.4) is 0 Å². The van der Waals surface area contributed by atoms with Gasteiger partial charge in [-0.3, -0.25) is 14.4 Å². The van der Waals surface area contributed by atoms with E-state index in [4.69, 9.17) is 10.5 Å². The molecule has 3 rings (SSSR count). The van der Waals surface area contributed by atoms with Gasteiger partial charge in [-0.05, 0) is 18.8 Å². The maximum absolute atomic E-state index is 13.1. The molecule has 158 valence electrons. The third-order valence-electron chi connectivity index (χ3n) is 6.61. The lowest BCUT2D eigenvalue weighted by atomic mass is 9.81. The molecule has 1 saturated heterocycles. The number of nitrogens with zero attached hydrogens (tertiary/aromatic N) is 1. The summed E-state index contributed by atoms with van der Waals surface area (Å²) in [7, 11) is 0. The number of morpholine rings is 1. The van der Waals surface area contributed by atoms with E-state index in [-0.39, 0.29) is 30.8 Å². The molecule has 8 heteroatoms. The zero-order chi connectivity index (χ0) is 20.1. The van der Waals surface area contributed by atoms with Crippen molar-refractivity contribution < 1.29 is 24.2 Å². The first kappa shape index (κ1) is 21.0. The molecule has 3 atom stereocenters. The summed E-state index contributed by atoms with van der Waals surface area (Å²) in [5.74, 6) is -1.33. The average Bonchev–Trinajstić information content (AvgIpc) is 3.43. The minimum absolute atomic E-state index is 0.0399. The zero-order valence-corrected chi connectivity index (χ0v) is 16.5. The summed E-state index contributed by atoms with van der Waals surface area (Å²) in [6.45, 7) is 1.95. The molecule has 1 heterocycles. The van der Waals surface area contributed by atoms with Crippen LogP contribution in [0.25, 0.3) is 0 Å². The first-order valence-electron chi connectivity index (χ1n) is 10.5. The summed E-state index contributed by atoms with van der Waals surface area (Å²) in [6, 6.07) is 0. The highest BCUT2D eigenvalue weighted by Gasteiger charge is 2.60. The molecule has 3 unspecified atom stereocenters. The van der Waals surface area contributed by atoms with Gasteiger partial charge < -0.3 is 25.8 Å². The molecule has 0 aromatic heterocycles. The Bertz CT molecular complexity index is 586. The SMILES string of the molecule is NC(=O)C1(NC(=O)C(CC(=O)N2CCOCC2)CC2CCCCC2)CC1CO. The largest absolute Gasteiger partial charge is 0.396 e. The fraction of sp³-hybridized carbons (Fsp3) is 0.850. The lowest BCUT2D eigenvalue weighted by molar-refractivity contribution is -0.140. The van der Waals surface area contributed by atoms with Crippen molar-refractivity contribution in [1.29, 1.82) is 0 Å². The molecule has 2 saturated carbocycles. The van der Waals surface area contributed by atoms with Crippen molar-refractivity contribution >= 4 is 17.7 Å². The fourth-order valence-corrected chi connectivity index (χ4v) is 4.65. The highest BCUT2D eigenvalue weighted by atomic mass is 16.5. The van der Waals surface area contributed by atoms with Crippen LogP contribution < -0.4 is 11.1 Å². The molecule has 2 aliphatic carbocycles. The monoisotopic (exact) mass is 395 g/mol. The molecule has 28 heavy (non-hydrogen) atoms. The highest BCUT2D eigenvalue weighted by Crippen LogP contribution is 2.43. The quantitative estimate of drug-likeness (QED) is 0.541. The number of ether oxygens (including phenoxy) is 1. The van der Waals surface area contributed by atoms with Crippen molar-refractivity contribution in [2.45, 2.75) is 56.9 Å². The zero-order valence-electron chi connectivity index (χ0n) is 16.5. The van der Waals surface area contributed by atoms with E-state index in [0.717, 1.165) is 25.7 Å². The van der Waals surface area contributed by atoms with E-state index in [2.05, 4.69) is 5.32 Å². The number of nitrogens with one attached hydrogen (secondary N) is 1. The normalized spacial score (nSPS) is 29.2. The van der Waals surface area contributed by atoms with Crippen LogP contribution in [0.4, 0.5) is 0 Å². The maximum atomic E-state index is 13.1. The van der Waals surface area contributed by atoms with Crippen LogP contribution in [0, 0.1) is 17.8 Å². The minimum Gasteiger partial charge on any atom is -0.396 e. The third kappa shape index (κ3) is 4.84. The molecule has 0 radical (unpaired) electrons. The number of hydrogen-bond acceptors (Lipinski definition) is 5. The van der Waals surface area contributed by atoms with Crippen molar-refractivity contribution in [2.24, 2.45) is 23.5 Å². The number of hydrogen-bond donors (Lipinski definition) is 3. The lowest BCUT2D eigenvalue weighted by Gasteiger charge is -2.30. The third-order valence-corrected chi connectivity index (χ3v) is 6.61. The second-order valence-corrected chi connectivity index (χ2v) is 8.54. The second kappa shape index (κ2) is 9.22. The van der Waals surface area contributed by atoms with E-state index < -0.39 is 17.4 Å². The number of rotatable bonds is 8. The summed E-state index contributed by atoms with van der Waals surface area (Å²) in [6.07, 6.45) is 6.86. The molecule has 3 fully saturated rings. The summed E-state index contributed by atoms with van der Waals surface area (Å²) in [5, 5.41) is 12.2. The van der Waals surface area contributed by atoms with Gasteiger partial charge in [0.2, 0.25) is 17.7 Å². The number of primary amides is 1. The summed E-state index contributed by atoms with van der Waals surface area (Å²) >= 11 is 0. The Morgan fingerprint density at radius 3 is 2.43 bits per heavy atom. The number of amides is 3.